The van der Waals surface area contributed by atoms with Crippen LogP contribution in [-0.4, -0.2) is 99.7 Å². The molecule has 4 aliphatic heterocycles. The van der Waals surface area contributed by atoms with Crippen molar-refractivity contribution in [2.24, 2.45) is 0 Å². The zero-order valence-corrected chi connectivity index (χ0v) is 24.4. The summed E-state index contributed by atoms with van der Waals surface area (Å²) in [6, 6.07) is 4.63. The summed E-state index contributed by atoms with van der Waals surface area (Å²) in [6.07, 6.45) is 3.25. The topological polar surface area (TPSA) is 102 Å². The summed E-state index contributed by atoms with van der Waals surface area (Å²) in [5.74, 6) is -1.49. The Morgan fingerprint density at radius 2 is 1.76 bits per heavy atom. The van der Waals surface area contributed by atoms with Crippen molar-refractivity contribution in [1.82, 2.24) is 20.0 Å². The number of aliphatic hydroxyl groups excluding tert-OH is 1. The third-order valence-corrected chi connectivity index (χ3v) is 9.73. The number of alkyl halides is 1. The average molecular weight is 571 g/mol. The van der Waals surface area contributed by atoms with Crippen molar-refractivity contribution in [2.45, 2.75) is 114 Å². The zero-order valence-electron chi connectivity index (χ0n) is 24.4. The number of carbonyl (C=O) groups excluding carboxylic acids is 3. The van der Waals surface area contributed by atoms with Gasteiger partial charge in [-0.05, 0) is 90.6 Å². The van der Waals surface area contributed by atoms with Crippen LogP contribution < -0.4 is 5.32 Å². The molecular formula is C31H43FN4O5. The second kappa shape index (κ2) is 11.0. The lowest BCUT2D eigenvalue weighted by atomic mass is 9.82. The maximum atomic E-state index is 15.6. The molecule has 0 spiro atoms. The monoisotopic (exact) mass is 570 g/mol. The highest BCUT2D eigenvalue weighted by molar-refractivity contribution is 6.06. The average Bonchev–Trinajstić information content (AvgIpc) is 3.15. The standard InChI is InChI=1S/C31H43FN4O5/c1-31(2,3)36-27(37)7-6-26(30(36)40)35-28(38)23-5-4-18(14-24(23)29(35)39)22-10-13-34(17-25(22)32)19-15-21(16-19)41-20-8-11-33-12-9-20/h4-5,14,19-22,25-26,29,33,39H,6-13,15-17H2,1-3H3/t19?,21?,22-,25+,26?,29?/m1/s1. The van der Waals surface area contributed by atoms with Crippen molar-refractivity contribution in [1.29, 1.82) is 0 Å². The number of fused-ring (bicyclic) bond motifs is 1. The van der Waals surface area contributed by atoms with E-state index in [2.05, 4.69) is 10.2 Å². The quantitative estimate of drug-likeness (QED) is 0.525. The molecule has 41 heavy (non-hydrogen) atoms. The molecule has 4 atom stereocenters. The Labute approximate surface area is 241 Å². The van der Waals surface area contributed by atoms with Crippen LogP contribution in [0, 0.1) is 0 Å². The van der Waals surface area contributed by atoms with E-state index in [9.17, 15) is 19.5 Å². The van der Waals surface area contributed by atoms with Gasteiger partial charge in [-0.2, -0.15) is 0 Å². The van der Waals surface area contributed by atoms with Crippen LogP contribution >= 0.6 is 0 Å². The fraction of sp³-hybridized carbons (Fsp3) is 0.710. The van der Waals surface area contributed by atoms with E-state index in [1.54, 1.807) is 39.0 Å². The summed E-state index contributed by atoms with van der Waals surface area (Å²) in [7, 11) is 0. The molecule has 4 heterocycles. The van der Waals surface area contributed by atoms with Gasteiger partial charge in [0.15, 0.2) is 6.23 Å². The molecule has 4 fully saturated rings. The molecule has 0 aromatic heterocycles. The van der Waals surface area contributed by atoms with Crippen molar-refractivity contribution < 1.29 is 28.6 Å². The lowest BCUT2D eigenvalue weighted by Gasteiger charge is -2.47. The molecule has 10 heteroatoms. The number of likely N-dealkylation sites (tertiary alicyclic amines) is 2. The predicted octanol–water partition coefficient (Wildman–Crippen LogP) is 2.88. The Hall–Kier alpha value is -2.40. The molecule has 5 aliphatic rings. The number of amides is 3. The van der Waals surface area contributed by atoms with E-state index >= 15 is 4.39 Å². The third kappa shape index (κ3) is 5.32. The molecule has 9 nitrogen and oxygen atoms in total. The maximum absolute atomic E-state index is 15.6. The third-order valence-electron chi connectivity index (χ3n) is 9.73. The summed E-state index contributed by atoms with van der Waals surface area (Å²) in [6.45, 7) is 8.53. The van der Waals surface area contributed by atoms with Gasteiger partial charge in [0, 0.05) is 41.6 Å². The number of aliphatic hydroxyl groups is 1. The Morgan fingerprint density at radius 1 is 1.02 bits per heavy atom. The molecule has 1 aliphatic carbocycles. The fourth-order valence-corrected chi connectivity index (χ4v) is 7.45. The lowest BCUT2D eigenvalue weighted by Crippen LogP contribution is -2.60. The molecular weight excluding hydrogens is 527 g/mol. The summed E-state index contributed by atoms with van der Waals surface area (Å²) in [5, 5.41) is 14.6. The van der Waals surface area contributed by atoms with Gasteiger partial charge in [-0.15, -0.1) is 0 Å². The summed E-state index contributed by atoms with van der Waals surface area (Å²) in [4.78, 5) is 43.9. The van der Waals surface area contributed by atoms with Crippen LogP contribution in [0.25, 0.3) is 0 Å². The van der Waals surface area contributed by atoms with E-state index in [1.165, 1.54) is 9.80 Å². The molecule has 3 amide bonds. The number of rotatable bonds is 5. The SMILES string of the molecule is CC(C)(C)N1C(=O)CCC(N2C(=O)c3ccc([C@H]4CCN(C5CC(OC6CCNCC6)C5)C[C@@H]4F)cc3C2O)C1=O. The first-order valence-corrected chi connectivity index (χ1v) is 15.3. The largest absolute Gasteiger partial charge is 0.375 e. The second-order valence-corrected chi connectivity index (χ2v) is 13.5. The van der Waals surface area contributed by atoms with Crippen molar-refractivity contribution in [3.05, 3.63) is 34.9 Å². The van der Waals surface area contributed by atoms with E-state index < -0.39 is 35.8 Å². The number of benzene rings is 1. The highest BCUT2D eigenvalue weighted by Crippen LogP contribution is 2.41. The number of nitrogens with one attached hydrogen (secondary N) is 1. The number of carbonyl (C=O) groups is 3. The smallest absolute Gasteiger partial charge is 0.257 e. The summed E-state index contributed by atoms with van der Waals surface area (Å²) in [5.41, 5.74) is 0.778. The number of ether oxygens (including phenoxy) is 1. The molecule has 3 saturated heterocycles. The van der Waals surface area contributed by atoms with Gasteiger partial charge in [0.05, 0.1) is 12.2 Å². The van der Waals surface area contributed by atoms with Crippen LogP contribution in [0.2, 0.25) is 0 Å². The van der Waals surface area contributed by atoms with E-state index in [0.29, 0.717) is 36.2 Å². The molecule has 0 bridgehead atoms. The molecule has 2 N–H and O–H groups in total. The van der Waals surface area contributed by atoms with E-state index in [-0.39, 0.29) is 30.8 Å². The number of imide groups is 1. The molecule has 224 valence electrons. The Morgan fingerprint density at radius 3 is 2.44 bits per heavy atom. The van der Waals surface area contributed by atoms with E-state index in [1.807, 2.05) is 0 Å². The molecule has 1 saturated carbocycles. The lowest BCUT2D eigenvalue weighted by molar-refractivity contribution is -0.160. The summed E-state index contributed by atoms with van der Waals surface area (Å²) < 4.78 is 21.9. The maximum Gasteiger partial charge on any atom is 0.257 e. The van der Waals surface area contributed by atoms with Gasteiger partial charge >= 0.3 is 0 Å². The van der Waals surface area contributed by atoms with Crippen LogP contribution in [0.5, 0.6) is 0 Å². The van der Waals surface area contributed by atoms with Gasteiger partial charge in [-0.25, -0.2) is 4.39 Å². The highest BCUT2D eigenvalue weighted by Gasteiger charge is 2.49. The number of hydrogen-bond acceptors (Lipinski definition) is 7. The summed E-state index contributed by atoms with van der Waals surface area (Å²) >= 11 is 0. The number of halogens is 1. The van der Waals surface area contributed by atoms with Crippen LogP contribution in [0.4, 0.5) is 4.39 Å². The first kappa shape index (κ1) is 28.7. The first-order valence-electron chi connectivity index (χ1n) is 15.3. The van der Waals surface area contributed by atoms with E-state index in [4.69, 9.17) is 4.74 Å². The van der Waals surface area contributed by atoms with Crippen LogP contribution in [0.3, 0.4) is 0 Å². The van der Waals surface area contributed by atoms with Gasteiger partial charge in [-0.1, -0.05) is 12.1 Å². The number of hydrogen-bond donors (Lipinski definition) is 2. The number of nitrogens with zero attached hydrogens (tertiary/aromatic N) is 3. The van der Waals surface area contributed by atoms with Gasteiger partial charge < -0.3 is 15.2 Å². The molecule has 1 aromatic rings. The highest BCUT2D eigenvalue weighted by atomic mass is 19.1. The predicted molar refractivity (Wildman–Crippen MR) is 150 cm³/mol. The minimum absolute atomic E-state index is 0.125. The molecule has 2 unspecified atom stereocenters. The Bertz CT molecular complexity index is 1190. The van der Waals surface area contributed by atoms with Crippen molar-refractivity contribution in [3.63, 3.8) is 0 Å². The van der Waals surface area contributed by atoms with Crippen molar-refractivity contribution in [3.8, 4) is 0 Å². The molecule has 1 aromatic carbocycles. The minimum atomic E-state index is -1.31. The minimum Gasteiger partial charge on any atom is -0.375 e. The fourth-order valence-electron chi connectivity index (χ4n) is 7.45. The van der Waals surface area contributed by atoms with Crippen LogP contribution in [-0.2, 0) is 14.3 Å². The molecule has 0 radical (unpaired) electrons. The second-order valence-electron chi connectivity index (χ2n) is 13.5. The first-order chi connectivity index (χ1) is 19.5. The van der Waals surface area contributed by atoms with Gasteiger partial charge in [0.2, 0.25) is 5.91 Å². The number of piperidine rings is 3. The normalized spacial score (nSPS) is 33.7. The van der Waals surface area contributed by atoms with Gasteiger partial charge in [0.25, 0.3) is 11.8 Å². The zero-order chi connectivity index (χ0) is 29.1. The van der Waals surface area contributed by atoms with Gasteiger partial charge in [-0.3, -0.25) is 29.1 Å². The van der Waals surface area contributed by atoms with E-state index in [0.717, 1.165) is 50.9 Å². The van der Waals surface area contributed by atoms with Crippen LogP contribution in [0.1, 0.15) is 99.3 Å². The van der Waals surface area contributed by atoms with Crippen molar-refractivity contribution >= 4 is 17.7 Å². The van der Waals surface area contributed by atoms with Gasteiger partial charge in [0.1, 0.15) is 12.2 Å². The Balaban J connectivity index is 1.09. The van der Waals surface area contributed by atoms with Crippen molar-refractivity contribution in [2.75, 3.05) is 26.2 Å². The molecule has 6 rings (SSSR count). The Kier molecular flexibility index (Phi) is 7.72. The van der Waals surface area contributed by atoms with Crippen LogP contribution in [0.15, 0.2) is 18.2 Å².